The number of amides is 1. The highest BCUT2D eigenvalue weighted by Gasteiger charge is 2.31. The van der Waals surface area contributed by atoms with Gasteiger partial charge < -0.3 is 19.4 Å². The summed E-state index contributed by atoms with van der Waals surface area (Å²) in [6.07, 6.45) is 0. The molecular weight excluding hydrogens is 388 g/mol. The summed E-state index contributed by atoms with van der Waals surface area (Å²) in [5.41, 5.74) is 2.39. The molecule has 2 aromatic carbocycles. The van der Waals surface area contributed by atoms with Crippen molar-refractivity contribution in [3.05, 3.63) is 54.6 Å². The van der Waals surface area contributed by atoms with Gasteiger partial charge in [0.25, 0.3) is 0 Å². The number of rotatable bonds is 6. The molecule has 0 unspecified atom stereocenters. The maximum Gasteiger partial charge on any atom is 0.239 e. The third-order valence-corrected chi connectivity index (χ3v) is 6.44. The molecule has 0 N–H and O–H groups in total. The molecule has 2 saturated heterocycles. The van der Waals surface area contributed by atoms with Crippen molar-refractivity contribution in [2.24, 2.45) is 0 Å². The maximum absolute atomic E-state index is 13.2. The number of carbonyl (C=O) groups is 1. The third-order valence-electron chi connectivity index (χ3n) is 6.44. The summed E-state index contributed by atoms with van der Waals surface area (Å²) >= 11 is 0. The second-order valence-electron chi connectivity index (χ2n) is 8.25. The molecule has 2 aliphatic heterocycles. The van der Waals surface area contributed by atoms with Gasteiger partial charge in [-0.3, -0.25) is 9.69 Å². The smallest absolute Gasteiger partial charge is 0.239 e. The summed E-state index contributed by atoms with van der Waals surface area (Å²) in [6.45, 7) is 11.7. The Bertz CT molecular complexity index is 844. The number of nitrogens with zero attached hydrogens (tertiary/aromatic N) is 4. The summed E-state index contributed by atoms with van der Waals surface area (Å²) in [4.78, 5) is 22.3. The van der Waals surface area contributed by atoms with E-state index in [0.29, 0.717) is 6.61 Å². The molecule has 0 spiro atoms. The fourth-order valence-electron chi connectivity index (χ4n) is 4.59. The van der Waals surface area contributed by atoms with Crippen molar-refractivity contribution in [3.8, 4) is 5.75 Å². The highest BCUT2D eigenvalue weighted by molar-refractivity contribution is 5.82. The second-order valence-corrected chi connectivity index (χ2v) is 8.25. The molecule has 6 nitrogen and oxygen atoms in total. The quantitative estimate of drug-likeness (QED) is 0.716. The van der Waals surface area contributed by atoms with Crippen LogP contribution in [-0.4, -0.2) is 80.7 Å². The first-order chi connectivity index (χ1) is 15.2. The van der Waals surface area contributed by atoms with Crippen LogP contribution >= 0.6 is 0 Å². The van der Waals surface area contributed by atoms with Gasteiger partial charge in [-0.1, -0.05) is 30.3 Å². The van der Waals surface area contributed by atoms with Gasteiger partial charge in [-0.15, -0.1) is 0 Å². The van der Waals surface area contributed by atoms with Gasteiger partial charge >= 0.3 is 0 Å². The van der Waals surface area contributed by atoms with Gasteiger partial charge in [-0.05, 0) is 38.1 Å². The molecule has 1 atom stereocenters. The molecule has 0 aliphatic carbocycles. The number of anilines is 2. The second kappa shape index (κ2) is 10.1. The SMILES string of the molecule is CCOc1ccccc1N1CCN([C@H](C)C(=O)N2CCN(c3ccccc3)CC2)CC1. The van der Waals surface area contributed by atoms with Crippen LogP contribution in [0.15, 0.2) is 54.6 Å². The Balaban J connectivity index is 1.29. The van der Waals surface area contributed by atoms with Crippen molar-refractivity contribution in [2.75, 3.05) is 68.8 Å². The zero-order valence-electron chi connectivity index (χ0n) is 18.7. The fourth-order valence-corrected chi connectivity index (χ4v) is 4.59. The van der Waals surface area contributed by atoms with E-state index in [4.69, 9.17) is 4.74 Å². The summed E-state index contributed by atoms with van der Waals surface area (Å²) in [5.74, 6) is 1.20. The van der Waals surface area contributed by atoms with Crippen LogP contribution in [0.25, 0.3) is 0 Å². The minimum atomic E-state index is -0.0763. The topological polar surface area (TPSA) is 39.3 Å². The zero-order valence-corrected chi connectivity index (χ0v) is 18.7. The van der Waals surface area contributed by atoms with Crippen LogP contribution in [0.5, 0.6) is 5.75 Å². The van der Waals surface area contributed by atoms with Gasteiger partial charge in [0.1, 0.15) is 5.75 Å². The molecule has 1 amide bonds. The van der Waals surface area contributed by atoms with Crippen LogP contribution in [0.4, 0.5) is 11.4 Å². The Hall–Kier alpha value is -2.73. The Morgan fingerprint density at radius 2 is 1.45 bits per heavy atom. The lowest BCUT2D eigenvalue weighted by molar-refractivity contribution is -0.136. The highest BCUT2D eigenvalue weighted by Crippen LogP contribution is 2.29. The van der Waals surface area contributed by atoms with E-state index >= 15 is 0 Å². The van der Waals surface area contributed by atoms with Gasteiger partial charge in [0.2, 0.25) is 5.91 Å². The summed E-state index contributed by atoms with van der Waals surface area (Å²) in [7, 11) is 0. The van der Waals surface area contributed by atoms with E-state index in [1.165, 1.54) is 5.69 Å². The molecule has 166 valence electrons. The van der Waals surface area contributed by atoms with Crippen LogP contribution < -0.4 is 14.5 Å². The molecule has 0 aromatic heterocycles. The molecule has 2 aliphatic rings. The summed E-state index contributed by atoms with van der Waals surface area (Å²) in [6, 6.07) is 18.6. The molecule has 2 heterocycles. The number of piperazine rings is 2. The number of benzene rings is 2. The largest absolute Gasteiger partial charge is 0.492 e. The van der Waals surface area contributed by atoms with E-state index < -0.39 is 0 Å². The zero-order chi connectivity index (χ0) is 21.6. The third kappa shape index (κ3) is 4.96. The number of hydrogen-bond acceptors (Lipinski definition) is 5. The first-order valence-electron chi connectivity index (χ1n) is 11.5. The average molecular weight is 423 g/mol. The van der Waals surface area contributed by atoms with Gasteiger partial charge in [0.05, 0.1) is 18.3 Å². The van der Waals surface area contributed by atoms with Gasteiger partial charge in [0, 0.05) is 58.0 Å². The van der Waals surface area contributed by atoms with Crippen LogP contribution in [-0.2, 0) is 4.79 Å². The average Bonchev–Trinajstić information content (AvgIpc) is 2.84. The maximum atomic E-state index is 13.2. The molecule has 0 bridgehead atoms. The molecule has 2 aromatic rings. The molecule has 31 heavy (non-hydrogen) atoms. The predicted molar refractivity (Wildman–Crippen MR) is 126 cm³/mol. The van der Waals surface area contributed by atoms with Crippen LogP contribution in [0.3, 0.4) is 0 Å². The van der Waals surface area contributed by atoms with Crippen molar-refractivity contribution in [2.45, 2.75) is 19.9 Å². The minimum absolute atomic E-state index is 0.0763. The fraction of sp³-hybridized carbons (Fsp3) is 0.480. The molecule has 2 fully saturated rings. The molecule has 0 saturated carbocycles. The summed E-state index contributed by atoms with van der Waals surface area (Å²) in [5, 5.41) is 0. The van der Waals surface area contributed by atoms with Crippen molar-refractivity contribution >= 4 is 17.3 Å². The van der Waals surface area contributed by atoms with Crippen molar-refractivity contribution < 1.29 is 9.53 Å². The van der Waals surface area contributed by atoms with E-state index in [2.05, 4.69) is 58.0 Å². The Labute approximate surface area is 186 Å². The van der Waals surface area contributed by atoms with Crippen LogP contribution in [0.1, 0.15) is 13.8 Å². The number of para-hydroxylation sites is 3. The van der Waals surface area contributed by atoms with Gasteiger partial charge in [-0.25, -0.2) is 0 Å². The van der Waals surface area contributed by atoms with E-state index in [1.54, 1.807) is 0 Å². The molecular formula is C25H34N4O2. The van der Waals surface area contributed by atoms with Crippen molar-refractivity contribution in [1.29, 1.82) is 0 Å². The highest BCUT2D eigenvalue weighted by atomic mass is 16.5. The number of ether oxygens (including phenoxy) is 1. The minimum Gasteiger partial charge on any atom is -0.492 e. The number of carbonyl (C=O) groups excluding carboxylic acids is 1. The first-order valence-corrected chi connectivity index (χ1v) is 11.5. The lowest BCUT2D eigenvalue weighted by atomic mass is 10.1. The lowest BCUT2D eigenvalue weighted by Gasteiger charge is -2.42. The predicted octanol–water partition coefficient (Wildman–Crippen LogP) is 2.94. The van der Waals surface area contributed by atoms with Gasteiger partial charge in [0.15, 0.2) is 0 Å². The number of hydrogen-bond donors (Lipinski definition) is 0. The van der Waals surface area contributed by atoms with Crippen LogP contribution in [0.2, 0.25) is 0 Å². The van der Waals surface area contributed by atoms with Crippen molar-refractivity contribution in [3.63, 3.8) is 0 Å². The first kappa shape index (κ1) is 21.5. The van der Waals surface area contributed by atoms with E-state index in [-0.39, 0.29) is 11.9 Å². The Kier molecular flexibility index (Phi) is 6.97. The van der Waals surface area contributed by atoms with E-state index in [1.807, 2.05) is 30.0 Å². The Morgan fingerprint density at radius 1 is 0.839 bits per heavy atom. The van der Waals surface area contributed by atoms with Gasteiger partial charge in [-0.2, -0.15) is 0 Å². The molecule has 4 rings (SSSR count). The normalized spacial score (nSPS) is 18.7. The lowest BCUT2D eigenvalue weighted by Crippen LogP contribution is -2.57. The Morgan fingerprint density at radius 3 is 2.13 bits per heavy atom. The monoisotopic (exact) mass is 422 g/mol. The van der Waals surface area contributed by atoms with Crippen molar-refractivity contribution in [1.82, 2.24) is 9.80 Å². The summed E-state index contributed by atoms with van der Waals surface area (Å²) < 4.78 is 5.80. The molecule has 0 radical (unpaired) electrons. The van der Waals surface area contributed by atoms with Crippen LogP contribution in [0, 0.1) is 0 Å². The van der Waals surface area contributed by atoms with E-state index in [9.17, 15) is 4.79 Å². The standard InChI is InChI=1S/C25H34N4O2/c1-3-31-24-12-8-7-11-23(24)28-17-13-26(14-18-28)21(2)25(30)29-19-15-27(16-20-29)22-9-5-4-6-10-22/h4-12,21H,3,13-20H2,1-2H3/t21-/m1/s1. The molecule has 6 heteroatoms. The van der Waals surface area contributed by atoms with E-state index in [0.717, 1.165) is 63.8 Å².